The van der Waals surface area contributed by atoms with E-state index < -0.39 is 0 Å². The van der Waals surface area contributed by atoms with E-state index in [2.05, 4.69) is 27.7 Å². The highest BCUT2D eigenvalue weighted by molar-refractivity contribution is 5.10. The zero-order valence-corrected chi connectivity index (χ0v) is 16.2. The van der Waals surface area contributed by atoms with Gasteiger partial charge in [-0.1, -0.05) is 47.0 Å². The van der Waals surface area contributed by atoms with Gasteiger partial charge in [-0.3, -0.25) is 0 Å². The first kappa shape index (κ1) is 16.5. The monoisotopic (exact) mass is 316 g/mol. The molecule has 0 amide bonds. The summed E-state index contributed by atoms with van der Waals surface area (Å²) in [7, 11) is 0. The number of rotatable bonds is 2. The first-order valence-electron chi connectivity index (χ1n) is 11.0. The summed E-state index contributed by atoms with van der Waals surface area (Å²) in [6, 6.07) is 0. The summed E-state index contributed by atoms with van der Waals surface area (Å²) in [5.41, 5.74) is 1.43. The molecule has 0 heteroatoms. The van der Waals surface area contributed by atoms with Crippen molar-refractivity contribution in [3.63, 3.8) is 0 Å². The van der Waals surface area contributed by atoms with E-state index in [0.717, 1.165) is 40.9 Å². The normalized spacial score (nSPS) is 52.8. The van der Waals surface area contributed by atoms with Crippen LogP contribution in [0.2, 0.25) is 0 Å². The second kappa shape index (κ2) is 5.77. The molecule has 4 saturated carbocycles. The lowest BCUT2D eigenvalue weighted by Gasteiger charge is -2.63. The van der Waals surface area contributed by atoms with Crippen LogP contribution in [-0.4, -0.2) is 0 Å². The lowest BCUT2D eigenvalue weighted by atomic mass is 9.42. The number of hydrogen-bond donors (Lipinski definition) is 0. The third-order valence-electron chi connectivity index (χ3n) is 9.91. The van der Waals surface area contributed by atoms with E-state index in [1.807, 2.05) is 0 Å². The molecule has 0 heterocycles. The lowest BCUT2D eigenvalue weighted by molar-refractivity contribution is -0.141. The van der Waals surface area contributed by atoms with Gasteiger partial charge < -0.3 is 0 Å². The molecular weight excluding hydrogens is 276 g/mol. The fraction of sp³-hybridized carbons (Fsp3) is 1.00. The molecule has 0 aromatic heterocycles. The highest BCUT2D eigenvalue weighted by atomic mass is 14.7. The Kier molecular flexibility index (Phi) is 4.13. The van der Waals surface area contributed by atoms with Crippen molar-refractivity contribution in [2.24, 2.45) is 46.3 Å². The Hall–Kier alpha value is 0. The summed E-state index contributed by atoms with van der Waals surface area (Å²) >= 11 is 0. The maximum absolute atomic E-state index is 2.70. The molecule has 4 rings (SSSR count). The van der Waals surface area contributed by atoms with Crippen molar-refractivity contribution in [3.05, 3.63) is 0 Å². The van der Waals surface area contributed by atoms with Crippen molar-refractivity contribution in [1.82, 2.24) is 0 Å². The molecule has 0 N–H and O–H groups in total. The van der Waals surface area contributed by atoms with E-state index in [0.29, 0.717) is 5.41 Å². The highest BCUT2D eigenvalue weighted by Crippen LogP contribution is 2.69. The van der Waals surface area contributed by atoms with Gasteiger partial charge in [-0.15, -0.1) is 0 Å². The third-order valence-corrected chi connectivity index (χ3v) is 9.91. The average Bonchev–Trinajstić information content (AvgIpc) is 2.90. The van der Waals surface area contributed by atoms with E-state index in [1.165, 1.54) is 19.3 Å². The first-order valence-corrected chi connectivity index (χ1v) is 11.0. The maximum atomic E-state index is 2.70. The molecule has 0 spiro atoms. The minimum absolute atomic E-state index is 0.704. The molecule has 4 aliphatic rings. The van der Waals surface area contributed by atoms with Gasteiger partial charge in [0.1, 0.15) is 0 Å². The van der Waals surface area contributed by atoms with Crippen LogP contribution in [-0.2, 0) is 0 Å². The summed E-state index contributed by atoms with van der Waals surface area (Å²) in [5.74, 6) is 6.26. The Morgan fingerprint density at radius 1 is 0.870 bits per heavy atom. The van der Waals surface area contributed by atoms with Crippen LogP contribution >= 0.6 is 0 Å². The van der Waals surface area contributed by atoms with E-state index in [9.17, 15) is 0 Å². The summed E-state index contributed by atoms with van der Waals surface area (Å²) in [6.07, 6.45) is 17.0. The molecule has 0 aromatic carbocycles. The summed E-state index contributed by atoms with van der Waals surface area (Å²) in [4.78, 5) is 0. The van der Waals surface area contributed by atoms with Crippen LogP contribution in [0.15, 0.2) is 0 Å². The zero-order valence-electron chi connectivity index (χ0n) is 16.2. The Labute approximate surface area is 145 Å². The van der Waals surface area contributed by atoms with Crippen LogP contribution in [0.5, 0.6) is 0 Å². The Bertz CT molecular complexity index is 437. The predicted molar refractivity (Wildman–Crippen MR) is 99.3 cm³/mol. The van der Waals surface area contributed by atoms with Crippen LogP contribution < -0.4 is 0 Å². The highest BCUT2D eigenvalue weighted by Gasteiger charge is 2.61. The number of fused-ring (bicyclic) bond motifs is 5. The van der Waals surface area contributed by atoms with E-state index in [1.54, 1.807) is 51.4 Å². The molecule has 4 fully saturated rings. The molecule has 0 nitrogen and oxygen atoms in total. The lowest BCUT2D eigenvalue weighted by Crippen LogP contribution is -2.55. The fourth-order valence-corrected chi connectivity index (χ4v) is 8.91. The largest absolute Gasteiger partial charge is 0.0651 e. The molecule has 0 radical (unpaired) electrons. The summed E-state index contributed by atoms with van der Waals surface area (Å²) in [5, 5.41) is 0. The second-order valence-electron chi connectivity index (χ2n) is 10.4. The molecule has 7 atom stereocenters. The fourth-order valence-electron chi connectivity index (χ4n) is 8.91. The van der Waals surface area contributed by atoms with Crippen molar-refractivity contribution in [1.29, 1.82) is 0 Å². The maximum Gasteiger partial charge on any atom is -0.0215 e. The van der Waals surface area contributed by atoms with Crippen molar-refractivity contribution in [3.8, 4) is 0 Å². The van der Waals surface area contributed by atoms with Crippen LogP contribution in [0, 0.1) is 46.3 Å². The second-order valence-corrected chi connectivity index (χ2v) is 10.4. The van der Waals surface area contributed by atoms with Gasteiger partial charge in [0.15, 0.2) is 0 Å². The number of hydrogen-bond acceptors (Lipinski definition) is 0. The summed E-state index contributed by atoms with van der Waals surface area (Å²) in [6.45, 7) is 10.3. The zero-order chi connectivity index (χ0) is 16.2. The molecule has 23 heavy (non-hydrogen) atoms. The van der Waals surface area contributed by atoms with E-state index in [4.69, 9.17) is 0 Å². The molecule has 0 aliphatic heterocycles. The van der Waals surface area contributed by atoms with Crippen molar-refractivity contribution in [2.75, 3.05) is 0 Å². The van der Waals surface area contributed by atoms with Crippen LogP contribution in [0.25, 0.3) is 0 Å². The SMILES string of the molecule is CC[C@H]1CC[C@H]2[C@@H]3CCC4CCCC[C@]4(C(C)C)[C@H]3CC[C@]12C. The van der Waals surface area contributed by atoms with Crippen molar-refractivity contribution >= 4 is 0 Å². The van der Waals surface area contributed by atoms with Gasteiger partial charge in [0.05, 0.1) is 0 Å². The molecule has 132 valence electrons. The van der Waals surface area contributed by atoms with Crippen molar-refractivity contribution in [2.45, 2.75) is 98.3 Å². The Morgan fingerprint density at radius 3 is 2.43 bits per heavy atom. The van der Waals surface area contributed by atoms with Crippen LogP contribution in [0.3, 0.4) is 0 Å². The van der Waals surface area contributed by atoms with Crippen LogP contribution in [0.4, 0.5) is 0 Å². The average molecular weight is 317 g/mol. The van der Waals surface area contributed by atoms with Gasteiger partial charge >= 0.3 is 0 Å². The van der Waals surface area contributed by atoms with Crippen LogP contribution in [0.1, 0.15) is 98.3 Å². The Morgan fingerprint density at radius 2 is 1.70 bits per heavy atom. The topological polar surface area (TPSA) is 0 Å². The molecule has 0 aromatic rings. The molecule has 0 saturated heterocycles. The predicted octanol–water partition coefficient (Wildman–Crippen LogP) is 7.08. The minimum atomic E-state index is 0.704. The van der Waals surface area contributed by atoms with Gasteiger partial charge in [0.25, 0.3) is 0 Å². The van der Waals surface area contributed by atoms with E-state index >= 15 is 0 Å². The summed E-state index contributed by atoms with van der Waals surface area (Å²) < 4.78 is 0. The Balaban J connectivity index is 1.67. The molecule has 4 aliphatic carbocycles. The van der Waals surface area contributed by atoms with Gasteiger partial charge in [0, 0.05) is 0 Å². The van der Waals surface area contributed by atoms with Gasteiger partial charge in [-0.25, -0.2) is 0 Å². The van der Waals surface area contributed by atoms with Gasteiger partial charge in [-0.05, 0) is 97.7 Å². The third kappa shape index (κ3) is 2.15. The van der Waals surface area contributed by atoms with Crippen molar-refractivity contribution < 1.29 is 0 Å². The van der Waals surface area contributed by atoms with E-state index in [-0.39, 0.29) is 0 Å². The molecule has 0 bridgehead atoms. The minimum Gasteiger partial charge on any atom is -0.0651 e. The molecular formula is C23H40. The van der Waals surface area contributed by atoms with Gasteiger partial charge in [-0.2, -0.15) is 0 Å². The quantitative estimate of drug-likeness (QED) is 0.510. The smallest absolute Gasteiger partial charge is 0.0215 e. The van der Waals surface area contributed by atoms with Gasteiger partial charge in [0.2, 0.25) is 0 Å². The molecule has 1 unspecified atom stereocenters. The first-order chi connectivity index (χ1) is 11.0. The standard InChI is InChI=1S/C23H40/c1-5-17-10-12-20-19-11-9-18-8-6-7-14-23(18,16(2)3)21(19)13-15-22(17,20)4/h16-21H,5-15H2,1-4H3/t17-,18?,19-,20-,21-,22+,23+/m0/s1.